The highest BCUT2D eigenvalue weighted by atomic mass is 15.2. The van der Waals surface area contributed by atoms with Gasteiger partial charge in [0.2, 0.25) is 0 Å². The van der Waals surface area contributed by atoms with Crippen LogP contribution in [-0.2, 0) is 5.41 Å². The van der Waals surface area contributed by atoms with Crippen LogP contribution in [0.3, 0.4) is 0 Å². The van der Waals surface area contributed by atoms with Crippen molar-refractivity contribution in [3.8, 4) is 11.1 Å². The first-order valence-corrected chi connectivity index (χ1v) is 6.86. The zero-order chi connectivity index (χ0) is 14.3. The Morgan fingerprint density at radius 1 is 1.00 bits per heavy atom. The summed E-state index contributed by atoms with van der Waals surface area (Å²) < 4.78 is 1.87. The molecule has 0 atom stereocenters. The monoisotopic (exact) mass is 265 g/mol. The number of aromatic nitrogens is 3. The van der Waals surface area contributed by atoms with Crippen LogP contribution in [0, 0.1) is 6.92 Å². The van der Waals surface area contributed by atoms with Gasteiger partial charge < -0.3 is 0 Å². The maximum atomic E-state index is 4.64. The van der Waals surface area contributed by atoms with Gasteiger partial charge in [0.1, 0.15) is 0 Å². The van der Waals surface area contributed by atoms with Gasteiger partial charge >= 0.3 is 0 Å². The van der Waals surface area contributed by atoms with Crippen LogP contribution in [0.2, 0.25) is 0 Å². The normalized spacial score (nSPS) is 12.0. The van der Waals surface area contributed by atoms with Crippen LogP contribution in [0.5, 0.6) is 0 Å². The van der Waals surface area contributed by atoms with E-state index in [4.69, 9.17) is 0 Å². The summed E-state index contributed by atoms with van der Waals surface area (Å²) in [6, 6.07) is 10.5. The molecule has 0 fully saturated rings. The van der Waals surface area contributed by atoms with E-state index >= 15 is 0 Å². The van der Waals surface area contributed by atoms with Crippen molar-refractivity contribution in [3.63, 3.8) is 0 Å². The van der Waals surface area contributed by atoms with Crippen LogP contribution in [-0.4, -0.2) is 14.6 Å². The fourth-order valence-electron chi connectivity index (χ4n) is 2.14. The standard InChI is InChI=1S/C17H19N3/c1-12-5-7-13(8-6-12)14-10-18-16-9-15(17(2,3)4)19-20(16)11-14/h5-11H,1-4H3. The molecule has 3 heteroatoms. The summed E-state index contributed by atoms with van der Waals surface area (Å²) in [5.74, 6) is 0. The molecule has 0 bridgehead atoms. The van der Waals surface area contributed by atoms with Crippen molar-refractivity contribution in [1.29, 1.82) is 0 Å². The quantitative estimate of drug-likeness (QED) is 0.665. The molecular formula is C17H19N3. The third kappa shape index (κ3) is 2.31. The van der Waals surface area contributed by atoms with Crippen LogP contribution < -0.4 is 0 Å². The molecule has 0 N–H and O–H groups in total. The van der Waals surface area contributed by atoms with Gasteiger partial charge in [0.05, 0.1) is 5.69 Å². The lowest BCUT2D eigenvalue weighted by Crippen LogP contribution is -2.11. The summed E-state index contributed by atoms with van der Waals surface area (Å²) >= 11 is 0. The number of hydrogen-bond donors (Lipinski definition) is 0. The Bertz CT molecular complexity index is 746. The molecule has 102 valence electrons. The summed E-state index contributed by atoms with van der Waals surface area (Å²) in [5.41, 5.74) is 5.50. The number of fused-ring (bicyclic) bond motifs is 1. The summed E-state index contributed by atoms with van der Waals surface area (Å²) in [7, 11) is 0. The van der Waals surface area contributed by atoms with Crippen LogP contribution in [0.25, 0.3) is 16.8 Å². The summed E-state index contributed by atoms with van der Waals surface area (Å²) in [4.78, 5) is 4.51. The predicted octanol–water partition coefficient (Wildman–Crippen LogP) is 4.00. The van der Waals surface area contributed by atoms with Gasteiger partial charge in [-0.25, -0.2) is 9.50 Å². The first-order chi connectivity index (χ1) is 9.43. The lowest BCUT2D eigenvalue weighted by atomic mass is 9.93. The summed E-state index contributed by atoms with van der Waals surface area (Å²) in [6.07, 6.45) is 3.95. The number of hydrogen-bond acceptors (Lipinski definition) is 2. The van der Waals surface area contributed by atoms with Gasteiger partial charge in [-0.2, -0.15) is 5.10 Å². The van der Waals surface area contributed by atoms with E-state index in [1.54, 1.807) is 0 Å². The average Bonchev–Trinajstić information content (AvgIpc) is 2.82. The maximum Gasteiger partial charge on any atom is 0.155 e. The molecule has 1 aromatic carbocycles. The van der Waals surface area contributed by atoms with E-state index in [0.29, 0.717) is 0 Å². The second-order valence-electron chi connectivity index (χ2n) is 6.29. The van der Waals surface area contributed by atoms with Gasteiger partial charge in [-0.15, -0.1) is 0 Å². The third-order valence-electron chi connectivity index (χ3n) is 3.47. The van der Waals surface area contributed by atoms with Gasteiger partial charge in [-0.05, 0) is 12.5 Å². The molecule has 0 radical (unpaired) electrons. The lowest BCUT2D eigenvalue weighted by Gasteiger charge is -2.13. The van der Waals surface area contributed by atoms with Gasteiger partial charge in [0, 0.05) is 29.4 Å². The van der Waals surface area contributed by atoms with E-state index in [-0.39, 0.29) is 5.41 Å². The Morgan fingerprint density at radius 3 is 2.35 bits per heavy atom. The first kappa shape index (κ1) is 12.9. The second-order valence-corrected chi connectivity index (χ2v) is 6.29. The fourth-order valence-corrected chi connectivity index (χ4v) is 2.14. The van der Waals surface area contributed by atoms with E-state index in [9.17, 15) is 0 Å². The molecule has 0 spiro atoms. The topological polar surface area (TPSA) is 30.2 Å². The minimum absolute atomic E-state index is 0.0394. The largest absolute Gasteiger partial charge is 0.236 e. The minimum atomic E-state index is 0.0394. The molecule has 3 nitrogen and oxygen atoms in total. The van der Waals surface area contributed by atoms with Crippen molar-refractivity contribution in [2.45, 2.75) is 33.1 Å². The predicted molar refractivity (Wildman–Crippen MR) is 81.9 cm³/mol. The van der Waals surface area contributed by atoms with Gasteiger partial charge in [0.15, 0.2) is 5.65 Å². The van der Waals surface area contributed by atoms with Gasteiger partial charge in [0.25, 0.3) is 0 Å². The van der Waals surface area contributed by atoms with E-state index < -0.39 is 0 Å². The molecule has 0 amide bonds. The van der Waals surface area contributed by atoms with E-state index in [1.165, 1.54) is 5.56 Å². The molecule has 0 aliphatic heterocycles. The molecule has 0 aliphatic carbocycles. The van der Waals surface area contributed by atoms with Crippen molar-refractivity contribution < 1.29 is 0 Å². The van der Waals surface area contributed by atoms with Crippen LogP contribution in [0.4, 0.5) is 0 Å². The Balaban J connectivity index is 2.08. The highest BCUT2D eigenvalue weighted by molar-refractivity contribution is 5.63. The minimum Gasteiger partial charge on any atom is -0.236 e. The summed E-state index contributed by atoms with van der Waals surface area (Å²) in [5, 5.41) is 4.64. The first-order valence-electron chi connectivity index (χ1n) is 6.86. The Labute approximate surface area is 119 Å². The molecule has 3 rings (SSSR count). The molecule has 20 heavy (non-hydrogen) atoms. The van der Waals surface area contributed by atoms with Crippen molar-refractivity contribution in [1.82, 2.24) is 14.6 Å². The molecule has 3 aromatic rings. The van der Waals surface area contributed by atoms with Crippen LogP contribution in [0.1, 0.15) is 32.0 Å². The van der Waals surface area contributed by atoms with Gasteiger partial charge in [-0.3, -0.25) is 0 Å². The lowest BCUT2D eigenvalue weighted by molar-refractivity contribution is 0.562. The molecule has 0 saturated carbocycles. The summed E-state index contributed by atoms with van der Waals surface area (Å²) in [6.45, 7) is 8.58. The molecule has 0 unspecified atom stereocenters. The molecule has 0 aliphatic rings. The molecule has 2 aromatic heterocycles. The highest BCUT2D eigenvalue weighted by Crippen LogP contribution is 2.23. The average molecular weight is 265 g/mol. The van der Waals surface area contributed by atoms with Crippen molar-refractivity contribution in [2.75, 3.05) is 0 Å². The van der Waals surface area contributed by atoms with Crippen LogP contribution in [0.15, 0.2) is 42.7 Å². The zero-order valence-corrected chi connectivity index (χ0v) is 12.4. The van der Waals surface area contributed by atoms with Crippen LogP contribution >= 0.6 is 0 Å². The van der Waals surface area contributed by atoms with E-state index in [0.717, 1.165) is 22.5 Å². The number of aryl methyl sites for hydroxylation is 1. The van der Waals surface area contributed by atoms with E-state index in [2.05, 4.69) is 68.1 Å². The zero-order valence-electron chi connectivity index (χ0n) is 12.4. The van der Waals surface area contributed by atoms with Crippen molar-refractivity contribution in [3.05, 3.63) is 54.0 Å². The Hall–Kier alpha value is -2.16. The highest BCUT2D eigenvalue weighted by Gasteiger charge is 2.18. The van der Waals surface area contributed by atoms with Gasteiger partial charge in [-0.1, -0.05) is 50.6 Å². The third-order valence-corrected chi connectivity index (χ3v) is 3.47. The fraction of sp³-hybridized carbons (Fsp3) is 0.294. The number of rotatable bonds is 1. The molecular weight excluding hydrogens is 246 g/mol. The van der Waals surface area contributed by atoms with E-state index in [1.807, 2.05) is 16.9 Å². The second kappa shape index (κ2) is 4.44. The number of benzene rings is 1. The SMILES string of the molecule is Cc1ccc(-c2cnc3cc(C(C)(C)C)nn3c2)cc1. The van der Waals surface area contributed by atoms with Crippen molar-refractivity contribution in [2.24, 2.45) is 0 Å². The molecule has 0 saturated heterocycles. The Morgan fingerprint density at radius 2 is 1.70 bits per heavy atom. The molecule has 2 heterocycles. The Kier molecular flexibility index (Phi) is 2.85. The maximum absolute atomic E-state index is 4.64. The number of nitrogens with zero attached hydrogens (tertiary/aromatic N) is 3. The van der Waals surface area contributed by atoms with Crippen molar-refractivity contribution >= 4 is 5.65 Å². The smallest absolute Gasteiger partial charge is 0.155 e.